The highest BCUT2D eigenvalue weighted by Crippen LogP contribution is 2.24. The number of ether oxygens (including phenoxy) is 1. The molecule has 52 heavy (non-hydrogen) atoms. The summed E-state index contributed by atoms with van der Waals surface area (Å²) >= 11 is 0. The minimum Gasteiger partial charge on any atom is -0.447 e. The van der Waals surface area contributed by atoms with E-state index in [9.17, 15) is 4.79 Å². The molecular weight excluding hydrogens is 649 g/mol. The van der Waals surface area contributed by atoms with Gasteiger partial charge in [0, 0.05) is 25.7 Å². The van der Waals surface area contributed by atoms with Crippen molar-refractivity contribution < 1.29 is 9.53 Å². The molecule has 0 unspecified atom stereocenters. The van der Waals surface area contributed by atoms with Gasteiger partial charge in [-0.15, -0.1) is 0 Å². The van der Waals surface area contributed by atoms with Gasteiger partial charge in [0.25, 0.3) is 0 Å². The number of aromatic nitrogens is 4. The summed E-state index contributed by atoms with van der Waals surface area (Å²) in [4.78, 5) is 26.5. The summed E-state index contributed by atoms with van der Waals surface area (Å²) in [7, 11) is 0. The molecular formula is C42H62N8O2. The van der Waals surface area contributed by atoms with Crippen LogP contribution in [0, 0.1) is 0 Å². The number of nitrogens with zero attached hydrogens (tertiary/aromatic N) is 4. The van der Waals surface area contributed by atoms with Gasteiger partial charge in [0.15, 0.2) is 17.0 Å². The number of hydrogen-bond acceptors (Lipinski definition) is 8. The Kier molecular flexibility index (Phi) is 21.0. The molecule has 0 aliphatic rings. The van der Waals surface area contributed by atoms with Gasteiger partial charge in [0.1, 0.15) is 6.61 Å². The van der Waals surface area contributed by atoms with Crippen LogP contribution in [-0.2, 0) is 11.3 Å². The number of rotatable bonds is 26. The molecule has 282 valence electrons. The number of allylic oxidation sites excluding steroid dienone is 10. The molecule has 0 saturated carbocycles. The summed E-state index contributed by atoms with van der Waals surface area (Å²) in [5.41, 5.74) is 2.61. The van der Waals surface area contributed by atoms with Gasteiger partial charge in [-0.1, -0.05) is 105 Å². The molecule has 1 aromatic carbocycles. The number of imidazole rings is 1. The van der Waals surface area contributed by atoms with Crippen molar-refractivity contribution in [2.45, 2.75) is 104 Å². The molecule has 1 atom stereocenters. The van der Waals surface area contributed by atoms with Crippen LogP contribution in [0.2, 0.25) is 0 Å². The lowest BCUT2D eigenvalue weighted by Gasteiger charge is -2.18. The number of fused-ring (bicyclic) bond motifs is 1. The van der Waals surface area contributed by atoms with Crippen molar-refractivity contribution in [1.82, 2.24) is 30.2 Å². The molecule has 1 amide bonds. The number of benzene rings is 1. The summed E-state index contributed by atoms with van der Waals surface area (Å²) in [6.45, 7) is 11.3. The maximum atomic E-state index is 12.4. The standard InChI is InChI=1S/C42H62N8O2/c1-5-7-8-9-10-11-12-13-14-15-16-17-18-19-20-21-22-26-29-43-30-31-44-42(51)52-33-37(6-2)47-41-48-39(45-32-36-27-24-23-25-28-36)38-40(49-41)50(34-46-38)35(3)4/h7-8,10-11,13-14,16-17,19-20,23-25,27-28,34-35,37,43H,5-6,9,12,15,18,21-22,26,29-33H2,1-4H3,(H,44,51)(H2,45,47,48,49)/b8-7-,11-10-,14-13-,17-16-,20-19-/t37-/m1/s1. The Morgan fingerprint density at radius 2 is 1.50 bits per heavy atom. The minimum absolute atomic E-state index is 0.151. The van der Waals surface area contributed by atoms with E-state index in [0.29, 0.717) is 31.4 Å². The fourth-order valence-corrected chi connectivity index (χ4v) is 5.19. The summed E-state index contributed by atoms with van der Waals surface area (Å²) in [6.07, 6.45) is 32.8. The van der Waals surface area contributed by atoms with Gasteiger partial charge in [-0.05, 0) is 83.7 Å². The monoisotopic (exact) mass is 710 g/mol. The highest BCUT2D eigenvalue weighted by molar-refractivity contribution is 5.84. The molecule has 0 spiro atoms. The van der Waals surface area contributed by atoms with E-state index in [2.05, 4.69) is 120 Å². The van der Waals surface area contributed by atoms with Gasteiger partial charge in [0.05, 0.1) is 12.4 Å². The van der Waals surface area contributed by atoms with Crippen molar-refractivity contribution in [2.24, 2.45) is 0 Å². The minimum atomic E-state index is -0.431. The number of carbonyl (C=O) groups is 1. The first-order chi connectivity index (χ1) is 25.5. The Morgan fingerprint density at radius 3 is 2.15 bits per heavy atom. The summed E-state index contributed by atoms with van der Waals surface area (Å²) in [5, 5.41) is 13.0. The highest BCUT2D eigenvalue weighted by atomic mass is 16.5. The van der Waals surface area contributed by atoms with Crippen LogP contribution in [0.3, 0.4) is 0 Å². The third kappa shape index (κ3) is 17.0. The predicted molar refractivity (Wildman–Crippen MR) is 218 cm³/mol. The summed E-state index contributed by atoms with van der Waals surface area (Å²) in [5.74, 6) is 1.12. The van der Waals surface area contributed by atoms with E-state index in [1.807, 2.05) is 29.7 Å². The number of carbonyl (C=O) groups excluding carboxylic acids is 1. The van der Waals surface area contributed by atoms with E-state index in [1.165, 1.54) is 0 Å². The number of nitrogens with one attached hydrogen (secondary N) is 4. The van der Waals surface area contributed by atoms with Crippen molar-refractivity contribution >= 4 is 29.0 Å². The average molecular weight is 711 g/mol. The van der Waals surface area contributed by atoms with Gasteiger partial charge in [-0.25, -0.2) is 9.78 Å². The van der Waals surface area contributed by atoms with Gasteiger partial charge in [0.2, 0.25) is 5.95 Å². The van der Waals surface area contributed by atoms with Crippen molar-refractivity contribution in [3.8, 4) is 0 Å². The lowest BCUT2D eigenvalue weighted by atomic mass is 10.2. The highest BCUT2D eigenvalue weighted by Gasteiger charge is 2.17. The molecule has 0 radical (unpaired) electrons. The zero-order chi connectivity index (χ0) is 37.1. The molecule has 0 bridgehead atoms. The van der Waals surface area contributed by atoms with Gasteiger partial charge in [-0.3, -0.25) is 0 Å². The van der Waals surface area contributed by atoms with Crippen molar-refractivity contribution in [1.29, 1.82) is 0 Å². The second-order valence-electron chi connectivity index (χ2n) is 12.9. The Labute approximate surface area is 312 Å². The molecule has 3 aromatic rings. The molecule has 2 aromatic heterocycles. The third-order valence-corrected chi connectivity index (χ3v) is 8.23. The van der Waals surface area contributed by atoms with E-state index < -0.39 is 6.09 Å². The normalized spacial score (nSPS) is 12.8. The third-order valence-electron chi connectivity index (χ3n) is 8.23. The Bertz CT molecular complexity index is 1560. The molecule has 10 nitrogen and oxygen atoms in total. The number of hydrogen-bond donors (Lipinski definition) is 4. The zero-order valence-electron chi connectivity index (χ0n) is 31.9. The lowest BCUT2D eigenvalue weighted by Crippen LogP contribution is -2.35. The molecule has 2 heterocycles. The van der Waals surface area contributed by atoms with Crippen LogP contribution in [0.4, 0.5) is 16.6 Å². The second-order valence-corrected chi connectivity index (χ2v) is 12.9. The number of unbranched alkanes of at least 4 members (excludes halogenated alkanes) is 2. The molecule has 0 saturated heterocycles. The molecule has 10 heteroatoms. The Balaban J connectivity index is 1.26. The smallest absolute Gasteiger partial charge is 0.407 e. The molecule has 0 aliphatic carbocycles. The fourth-order valence-electron chi connectivity index (χ4n) is 5.19. The topological polar surface area (TPSA) is 118 Å². The van der Waals surface area contributed by atoms with Gasteiger partial charge in [-0.2, -0.15) is 9.97 Å². The largest absolute Gasteiger partial charge is 0.447 e. The van der Waals surface area contributed by atoms with Crippen LogP contribution < -0.4 is 21.3 Å². The quantitative estimate of drug-likeness (QED) is 0.0481. The van der Waals surface area contributed by atoms with Crippen LogP contribution in [0.5, 0.6) is 0 Å². The second kappa shape index (κ2) is 26.1. The zero-order valence-corrected chi connectivity index (χ0v) is 31.9. The van der Waals surface area contributed by atoms with Crippen LogP contribution in [-0.4, -0.2) is 57.9 Å². The molecule has 3 rings (SSSR count). The van der Waals surface area contributed by atoms with E-state index in [-0.39, 0.29) is 18.7 Å². The summed E-state index contributed by atoms with van der Waals surface area (Å²) in [6, 6.07) is 10.2. The van der Waals surface area contributed by atoms with E-state index in [0.717, 1.165) is 81.1 Å². The maximum absolute atomic E-state index is 12.4. The molecule has 0 aliphatic heterocycles. The first kappa shape index (κ1) is 41.7. The first-order valence-corrected chi connectivity index (χ1v) is 19.2. The summed E-state index contributed by atoms with van der Waals surface area (Å²) < 4.78 is 7.56. The fraction of sp³-hybridized carbons (Fsp3) is 0.476. The van der Waals surface area contributed by atoms with Crippen LogP contribution in [0.1, 0.15) is 97.1 Å². The van der Waals surface area contributed by atoms with Crippen molar-refractivity contribution in [3.05, 3.63) is 103 Å². The number of amides is 1. The van der Waals surface area contributed by atoms with Gasteiger partial charge >= 0.3 is 6.09 Å². The maximum Gasteiger partial charge on any atom is 0.407 e. The Hall–Kier alpha value is -4.70. The van der Waals surface area contributed by atoms with Crippen molar-refractivity contribution in [3.63, 3.8) is 0 Å². The predicted octanol–water partition coefficient (Wildman–Crippen LogP) is 9.45. The lowest BCUT2D eigenvalue weighted by molar-refractivity contribution is 0.141. The number of anilines is 2. The van der Waals surface area contributed by atoms with E-state index >= 15 is 0 Å². The van der Waals surface area contributed by atoms with Gasteiger partial charge < -0.3 is 30.6 Å². The van der Waals surface area contributed by atoms with Crippen LogP contribution >= 0.6 is 0 Å². The van der Waals surface area contributed by atoms with E-state index in [4.69, 9.17) is 14.7 Å². The van der Waals surface area contributed by atoms with Crippen LogP contribution in [0.25, 0.3) is 11.2 Å². The molecule has 0 fully saturated rings. The average Bonchev–Trinajstić information content (AvgIpc) is 3.59. The SMILES string of the molecule is CC/C=C\C/C=C\C/C=C\C/C=C\C/C=C\CCCCNCCNC(=O)OC[C@@H](CC)Nc1nc(NCc2ccccc2)c2ncn(C(C)C)c2n1. The van der Waals surface area contributed by atoms with Crippen molar-refractivity contribution in [2.75, 3.05) is 36.9 Å². The molecule has 4 N–H and O–H groups in total. The first-order valence-electron chi connectivity index (χ1n) is 19.2. The van der Waals surface area contributed by atoms with E-state index in [1.54, 1.807) is 6.33 Å². The Morgan fingerprint density at radius 1 is 0.827 bits per heavy atom. The number of alkyl carbamates (subject to hydrolysis) is 1. The van der Waals surface area contributed by atoms with Crippen LogP contribution in [0.15, 0.2) is 97.4 Å².